The monoisotopic (exact) mass is 600 g/mol. The van der Waals surface area contributed by atoms with Crippen LogP contribution >= 0.6 is 11.3 Å². The fourth-order valence-corrected chi connectivity index (χ4v) is 8.54. The standard InChI is InChI=1S/C30H40N4O5S2/c1-4-24-8-5-6-17-34(24)41(36,37)25-12-10-23(11-13-25)29(35)33(16-7-15-32-18-20-39-21-19-32)30-31-27-26(38-3)14-9-22(2)28(27)40-30/h9-14,24H,4-8,15-21H2,1-3H3. The van der Waals surface area contributed by atoms with Crippen molar-refractivity contribution in [1.29, 1.82) is 0 Å². The van der Waals surface area contributed by atoms with Crippen molar-refractivity contribution in [2.45, 2.75) is 56.9 Å². The largest absolute Gasteiger partial charge is 0.494 e. The van der Waals surface area contributed by atoms with E-state index in [1.807, 2.05) is 26.0 Å². The molecule has 5 rings (SSSR count). The van der Waals surface area contributed by atoms with E-state index in [-0.39, 0.29) is 16.8 Å². The van der Waals surface area contributed by atoms with Gasteiger partial charge in [0.25, 0.3) is 5.91 Å². The number of rotatable bonds is 10. The van der Waals surface area contributed by atoms with Gasteiger partial charge in [0.2, 0.25) is 10.0 Å². The van der Waals surface area contributed by atoms with E-state index in [1.165, 1.54) is 11.3 Å². The Morgan fingerprint density at radius 2 is 1.88 bits per heavy atom. The first-order valence-corrected chi connectivity index (χ1v) is 16.8. The van der Waals surface area contributed by atoms with Gasteiger partial charge in [-0.3, -0.25) is 14.6 Å². The number of benzene rings is 2. The van der Waals surface area contributed by atoms with Gasteiger partial charge in [0.05, 0.1) is 29.9 Å². The van der Waals surface area contributed by atoms with Crippen molar-refractivity contribution < 1.29 is 22.7 Å². The molecule has 0 N–H and O–H groups in total. The van der Waals surface area contributed by atoms with Gasteiger partial charge < -0.3 is 9.47 Å². The number of aromatic nitrogens is 1. The Bertz CT molecular complexity index is 1450. The number of aryl methyl sites for hydroxylation is 1. The lowest BCUT2D eigenvalue weighted by Gasteiger charge is -2.34. The zero-order chi connectivity index (χ0) is 29.0. The molecule has 9 nitrogen and oxygen atoms in total. The summed E-state index contributed by atoms with van der Waals surface area (Å²) < 4.78 is 40.6. The highest BCUT2D eigenvalue weighted by molar-refractivity contribution is 7.89. The lowest BCUT2D eigenvalue weighted by molar-refractivity contribution is 0.0376. The number of fused-ring (bicyclic) bond motifs is 1. The molecule has 0 spiro atoms. The number of methoxy groups -OCH3 is 1. The van der Waals surface area contributed by atoms with E-state index in [9.17, 15) is 13.2 Å². The van der Waals surface area contributed by atoms with Crippen molar-refractivity contribution in [1.82, 2.24) is 14.2 Å². The molecule has 1 atom stereocenters. The van der Waals surface area contributed by atoms with Crippen LogP contribution in [0, 0.1) is 6.92 Å². The van der Waals surface area contributed by atoms with Gasteiger partial charge in [0, 0.05) is 44.3 Å². The molecule has 3 heterocycles. The minimum Gasteiger partial charge on any atom is -0.494 e. The molecule has 41 heavy (non-hydrogen) atoms. The number of morpholine rings is 1. The van der Waals surface area contributed by atoms with Gasteiger partial charge in [-0.1, -0.05) is 30.7 Å². The molecule has 2 saturated heterocycles. The zero-order valence-corrected chi connectivity index (χ0v) is 25.8. The first kappa shape index (κ1) is 29.9. The SMILES string of the molecule is CCC1CCCCN1S(=O)(=O)c1ccc(C(=O)N(CCCN2CCOCC2)c2nc3c(OC)ccc(C)c3s2)cc1. The minimum absolute atomic E-state index is 0.0245. The molecule has 0 radical (unpaired) electrons. The molecule has 3 aromatic rings. The van der Waals surface area contributed by atoms with Gasteiger partial charge in [-0.05, 0) is 68.5 Å². The molecule has 0 bridgehead atoms. The summed E-state index contributed by atoms with van der Waals surface area (Å²) in [7, 11) is -2.00. The zero-order valence-electron chi connectivity index (χ0n) is 24.2. The Kier molecular flexibility index (Phi) is 9.60. The lowest BCUT2D eigenvalue weighted by Crippen LogP contribution is -2.43. The third kappa shape index (κ3) is 6.44. The number of piperidine rings is 1. The summed E-state index contributed by atoms with van der Waals surface area (Å²) in [5.74, 6) is 0.475. The molecule has 0 aliphatic carbocycles. The Morgan fingerprint density at radius 1 is 1.12 bits per heavy atom. The average molecular weight is 601 g/mol. The second-order valence-electron chi connectivity index (χ2n) is 10.7. The molecule has 2 aliphatic rings. The quantitative estimate of drug-likeness (QED) is 0.326. The average Bonchev–Trinajstić information content (AvgIpc) is 3.46. The summed E-state index contributed by atoms with van der Waals surface area (Å²) in [6.45, 7) is 9.17. The first-order chi connectivity index (χ1) is 19.8. The van der Waals surface area contributed by atoms with Crippen LogP contribution in [0.15, 0.2) is 41.3 Å². The molecule has 0 saturated carbocycles. The summed E-state index contributed by atoms with van der Waals surface area (Å²) >= 11 is 1.48. The predicted molar refractivity (Wildman–Crippen MR) is 163 cm³/mol. The summed E-state index contributed by atoms with van der Waals surface area (Å²) in [4.78, 5) is 23.1. The summed E-state index contributed by atoms with van der Waals surface area (Å²) in [6.07, 6.45) is 4.38. The highest BCUT2D eigenvalue weighted by Gasteiger charge is 2.33. The van der Waals surface area contributed by atoms with E-state index in [0.717, 1.165) is 80.7 Å². The van der Waals surface area contributed by atoms with E-state index in [1.54, 1.807) is 40.6 Å². The number of amides is 1. The number of anilines is 1. The number of sulfonamides is 1. The second-order valence-corrected chi connectivity index (χ2v) is 13.6. The molecule has 222 valence electrons. The van der Waals surface area contributed by atoms with Crippen LogP contribution in [0.25, 0.3) is 10.2 Å². The fourth-order valence-electron chi connectivity index (χ4n) is 5.70. The molecule has 2 aromatic carbocycles. The van der Waals surface area contributed by atoms with Crippen LogP contribution in [0.3, 0.4) is 0 Å². The number of carbonyl (C=O) groups excluding carboxylic acids is 1. The van der Waals surface area contributed by atoms with E-state index in [4.69, 9.17) is 14.5 Å². The van der Waals surface area contributed by atoms with Crippen LogP contribution in [0.5, 0.6) is 5.75 Å². The fraction of sp³-hybridized carbons (Fsp3) is 0.533. The van der Waals surface area contributed by atoms with Crippen molar-refractivity contribution in [2.75, 3.05) is 57.9 Å². The van der Waals surface area contributed by atoms with Crippen molar-refractivity contribution >= 4 is 42.6 Å². The third-order valence-electron chi connectivity index (χ3n) is 8.10. The number of hydrogen-bond acceptors (Lipinski definition) is 8. The molecule has 2 aliphatic heterocycles. The summed E-state index contributed by atoms with van der Waals surface area (Å²) in [5, 5.41) is 0.607. The normalized spacial score (nSPS) is 19.0. The maximum absolute atomic E-state index is 14.0. The number of thiazole rings is 1. The smallest absolute Gasteiger partial charge is 0.260 e. The van der Waals surface area contributed by atoms with Crippen LogP contribution in [0.2, 0.25) is 0 Å². The number of hydrogen-bond donors (Lipinski definition) is 0. The predicted octanol–water partition coefficient (Wildman–Crippen LogP) is 4.94. The van der Waals surface area contributed by atoms with Gasteiger partial charge in [-0.25, -0.2) is 13.4 Å². The first-order valence-electron chi connectivity index (χ1n) is 14.5. The lowest BCUT2D eigenvalue weighted by atomic mass is 10.0. The summed E-state index contributed by atoms with van der Waals surface area (Å²) in [5.41, 5.74) is 2.25. The molecule has 2 fully saturated rings. The molecule has 1 unspecified atom stereocenters. The molecule has 11 heteroatoms. The Balaban J connectivity index is 1.41. The van der Waals surface area contributed by atoms with Gasteiger partial charge >= 0.3 is 0 Å². The third-order valence-corrected chi connectivity index (χ3v) is 11.3. The van der Waals surface area contributed by atoms with Crippen LogP contribution in [0.4, 0.5) is 5.13 Å². The molecule has 1 aromatic heterocycles. The van der Waals surface area contributed by atoms with Crippen LogP contribution in [-0.2, 0) is 14.8 Å². The Labute approximate surface area is 247 Å². The number of ether oxygens (including phenoxy) is 2. The van der Waals surface area contributed by atoms with Gasteiger partial charge in [-0.2, -0.15) is 4.31 Å². The number of nitrogens with zero attached hydrogens (tertiary/aromatic N) is 4. The summed E-state index contributed by atoms with van der Waals surface area (Å²) in [6, 6.07) is 10.3. The van der Waals surface area contributed by atoms with Gasteiger partial charge in [-0.15, -0.1) is 0 Å². The van der Waals surface area contributed by atoms with Crippen LogP contribution in [0.1, 0.15) is 54.9 Å². The Morgan fingerprint density at radius 3 is 2.59 bits per heavy atom. The molecular weight excluding hydrogens is 560 g/mol. The van der Waals surface area contributed by atoms with E-state index >= 15 is 0 Å². The molecule has 1 amide bonds. The van der Waals surface area contributed by atoms with Crippen LogP contribution < -0.4 is 9.64 Å². The van der Waals surface area contributed by atoms with Gasteiger partial charge in [0.15, 0.2) is 5.13 Å². The minimum atomic E-state index is -3.63. The highest BCUT2D eigenvalue weighted by Crippen LogP contribution is 2.37. The highest BCUT2D eigenvalue weighted by atomic mass is 32.2. The second kappa shape index (κ2) is 13.2. The van der Waals surface area contributed by atoms with Crippen molar-refractivity contribution in [2.24, 2.45) is 0 Å². The van der Waals surface area contributed by atoms with E-state index in [2.05, 4.69) is 4.90 Å². The van der Waals surface area contributed by atoms with Crippen LogP contribution in [-0.4, -0.2) is 87.6 Å². The van der Waals surface area contributed by atoms with Crippen molar-refractivity contribution in [3.8, 4) is 5.75 Å². The topological polar surface area (TPSA) is 92.3 Å². The molecular formula is C30H40N4O5S2. The number of carbonyl (C=O) groups is 1. The Hall–Kier alpha value is -2.57. The van der Waals surface area contributed by atoms with Gasteiger partial charge in [0.1, 0.15) is 11.3 Å². The maximum atomic E-state index is 14.0. The van der Waals surface area contributed by atoms with Crippen molar-refractivity contribution in [3.63, 3.8) is 0 Å². The van der Waals surface area contributed by atoms with E-state index < -0.39 is 10.0 Å². The van der Waals surface area contributed by atoms with Crippen molar-refractivity contribution in [3.05, 3.63) is 47.5 Å². The maximum Gasteiger partial charge on any atom is 0.260 e. The van der Waals surface area contributed by atoms with E-state index in [0.29, 0.717) is 29.5 Å².